The van der Waals surface area contributed by atoms with Crippen LogP contribution in [0.3, 0.4) is 0 Å². The number of nitrogens with zero attached hydrogens (tertiary/aromatic N) is 1. The third kappa shape index (κ3) is 4.68. The molecule has 0 aliphatic rings. The van der Waals surface area contributed by atoms with Gasteiger partial charge in [0.15, 0.2) is 5.78 Å². The number of aryl methyl sites for hydroxylation is 2. The number of carbonyl (C=O) groups is 1. The summed E-state index contributed by atoms with van der Waals surface area (Å²) in [4.78, 5) is 15.3. The number of benzene rings is 1. The van der Waals surface area contributed by atoms with E-state index in [1.54, 1.807) is 0 Å². The highest BCUT2D eigenvalue weighted by atomic mass is 32.1. The first-order chi connectivity index (χ1) is 10.6. The van der Waals surface area contributed by atoms with E-state index in [0.717, 1.165) is 29.2 Å². The number of likely N-dealkylation sites (N-methyl/N-ethyl adjacent to an activating group) is 1. The summed E-state index contributed by atoms with van der Waals surface area (Å²) in [7, 11) is 4.02. The second-order valence-corrected chi connectivity index (χ2v) is 6.52. The van der Waals surface area contributed by atoms with Crippen molar-refractivity contribution in [3.63, 3.8) is 0 Å². The molecule has 0 fully saturated rings. The normalized spacial score (nSPS) is 10.9. The van der Waals surface area contributed by atoms with Gasteiger partial charge in [-0.3, -0.25) is 4.79 Å². The van der Waals surface area contributed by atoms with Gasteiger partial charge in [0.25, 0.3) is 0 Å². The van der Waals surface area contributed by atoms with E-state index in [0.29, 0.717) is 13.0 Å². The van der Waals surface area contributed by atoms with Gasteiger partial charge in [-0.15, -0.1) is 11.3 Å². The van der Waals surface area contributed by atoms with Crippen molar-refractivity contribution in [3.05, 3.63) is 51.7 Å². The van der Waals surface area contributed by atoms with Crippen molar-refractivity contribution in [2.75, 3.05) is 27.2 Å². The van der Waals surface area contributed by atoms with Crippen molar-refractivity contribution in [2.45, 2.75) is 19.8 Å². The standard InChI is InChI=1S/C18H23NO2S/c1-14-13-22-18(17(14)21-12-11-19(2)3)16(20)10-9-15-7-5-4-6-8-15/h4-8,13H,9-12H2,1-3H3. The average Bonchev–Trinajstić information content (AvgIpc) is 2.87. The monoisotopic (exact) mass is 317 g/mol. The van der Waals surface area contributed by atoms with E-state index in [4.69, 9.17) is 4.74 Å². The van der Waals surface area contributed by atoms with Crippen LogP contribution in [-0.4, -0.2) is 37.9 Å². The van der Waals surface area contributed by atoms with Crippen LogP contribution in [0.5, 0.6) is 5.75 Å². The van der Waals surface area contributed by atoms with Crippen molar-refractivity contribution in [2.24, 2.45) is 0 Å². The molecule has 0 amide bonds. The number of ether oxygens (including phenoxy) is 1. The lowest BCUT2D eigenvalue weighted by Crippen LogP contribution is -2.20. The van der Waals surface area contributed by atoms with Gasteiger partial charge in [0, 0.05) is 18.5 Å². The number of carbonyl (C=O) groups excluding carboxylic acids is 1. The molecule has 118 valence electrons. The number of hydrogen-bond acceptors (Lipinski definition) is 4. The third-order valence-electron chi connectivity index (χ3n) is 3.44. The smallest absolute Gasteiger partial charge is 0.176 e. The Labute approximate surface area is 136 Å². The van der Waals surface area contributed by atoms with E-state index in [1.165, 1.54) is 16.9 Å². The van der Waals surface area contributed by atoms with Crippen molar-refractivity contribution >= 4 is 17.1 Å². The van der Waals surface area contributed by atoms with Crippen LogP contribution >= 0.6 is 11.3 Å². The molecule has 0 saturated heterocycles. The predicted octanol–water partition coefficient (Wildman–Crippen LogP) is 3.81. The summed E-state index contributed by atoms with van der Waals surface area (Å²) in [5.41, 5.74) is 2.24. The molecule has 2 rings (SSSR count). The SMILES string of the molecule is Cc1csc(C(=O)CCc2ccccc2)c1OCCN(C)C. The fraction of sp³-hybridized carbons (Fsp3) is 0.389. The van der Waals surface area contributed by atoms with Crippen LogP contribution in [0, 0.1) is 6.92 Å². The largest absolute Gasteiger partial charge is 0.490 e. The van der Waals surface area contributed by atoms with Gasteiger partial charge in [0.2, 0.25) is 0 Å². The molecule has 0 radical (unpaired) electrons. The molecule has 0 aliphatic heterocycles. The Balaban J connectivity index is 1.97. The first-order valence-electron chi connectivity index (χ1n) is 7.50. The Hall–Kier alpha value is -1.65. The zero-order valence-corrected chi connectivity index (χ0v) is 14.3. The maximum absolute atomic E-state index is 12.5. The third-order valence-corrected chi connectivity index (χ3v) is 4.56. The summed E-state index contributed by atoms with van der Waals surface area (Å²) in [6.07, 6.45) is 1.29. The van der Waals surface area contributed by atoms with Crippen LogP contribution in [-0.2, 0) is 6.42 Å². The van der Waals surface area contributed by atoms with Crippen LogP contribution < -0.4 is 4.74 Å². The maximum atomic E-state index is 12.5. The van der Waals surface area contributed by atoms with Crippen LogP contribution in [0.15, 0.2) is 35.7 Å². The summed E-state index contributed by atoms with van der Waals surface area (Å²) < 4.78 is 5.84. The highest BCUT2D eigenvalue weighted by Crippen LogP contribution is 2.31. The van der Waals surface area contributed by atoms with Gasteiger partial charge in [0.1, 0.15) is 17.2 Å². The average molecular weight is 317 g/mol. The zero-order valence-electron chi connectivity index (χ0n) is 13.5. The fourth-order valence-electron chi connectivity index (χ4n) is 2.15. The fourth-order valence-corrected chi connectivity index (χ4v) is 3.11. The molecule has 2 aromatic rings. The van der Waals surface area contributed by atoms with Gasteiger partial charge >= 0.3 is 0 Å². The van der Waals surface area contributed by atoms with Crippen LogP contribution in [0.2, 0.25) is 0 Å². The van der Waals surface area contributed by atoms with Gasteiger partial charge in [-0.2, -0.15) is 0 Å². The lowest BCUT2D eigenvalue weighted by molar-refractivity contribution is 0.0982. The van der Waals surface area contributed by atoms with E-state index in [2.05, 4.69) is 17.0 Å². The summed E-state index contributed by atoms with van der Waals surface area (Å²) in [5, 5.41) is 2.00. The first kappa shape index (κ1) is 16.7. The second kappa shape index (κ2) is 8.11. The van der Waals surface area contributed by atoms with Gasteiger partial charge in [0.05, 0.1) is 0 Å². The number of rotatable bonds is 8. The molecule has 0 N–H and O–H groups in total. The number of ketones is 1. The molecule has 0 atom stereocenters. The number of hydrogen-bond donors (Lipinski definition) is 0. The summed E-state index contributed by atoms with van der Waals surface area (Å²) in [6, 6.07) is 10.1. The molecule has 0 bridgehead atoms. The quantitative estimate of drug-likeness (QED) is 0.693. The lowest BCUT2D eigenvalue weighted by atomic mass is 10.1. The van der Waals surface area contributed by atoms with Gasteiger partial charge in [-0.25, -0.2) is 0 Å². The lowest BCUT2D eigenvalue weighted by Gasteiger charge is -2.12. The molecule has 0 spiro atoms. The van der Waals surface area contributed by atoms with E-state index in [-0.39, 0.29) is 5.78 Å². The highest BCUT2D eigenvalue weighted by Gasteiger charge is 2.17. The van der Waals surface area contributed by atoms with Gasteiger partial charge in [-0.05, 0) is 38.4 Å². The molecule has 1 heterocycles. The molecule has 4 heteroatoms. The molecule has 1 aromatic carbocycles. The second-order valence-electron chi connectivity index (χ2n) is 5.64. The van der Waals surface area contributed by atoms with Crippen molar-refractivity contribution in [1.29, 1.82) is 0 Å². The number of thiophene rings is 1. The Bertz CT molecular complexity index is 605. The molecule has 0 aliphatic carbocycles. The minimum absolute atomic E-state index is 0.168. The van der Waals surface area contributed by atoms with Crippen molar-refractivity contribution < 1.29 is 9.53 Å². The molecule has 0 unspecified atom stereocenters. The highest BCUT2D eigenvalue weighted by molar-refractivity contribution is 7.12. The van der Waals surface area contributed by atoms with E-state index in [9.17, 15) is 4.79 Å². The van der Waals surface area contributed by atoms with Gasteiger partial charge < -0.3 is 9.64 Å². The van der Waals surface area contributed by atoms with Gasteiger partial charge in [-0.1, -0.05) is 30.3 Å². The molecular weight excluding hydrogens is 294 g/mol. The summed E-state index contributed by atoms with van der Waals surface area (Å²) in [5.74, 6) is 0.937. The van der Waals surface area contributed by atoms with Crippen LogP contribution in [0.25, 0.3) is 0 Å². The van der Waals surface area contributed by atoms with Crippen LogP contribution in [0.1, 0.15) is 27.2 Å². The molecule has 1 aromatic heterocycles. The topological polar surface area (TPSA) is 29.5 Å². The van der Waals surface area contributed by atoms with Crippen LogP contribution in [0.4, 0.5) is 0 Å². The molecular formula is C18H23NO2S. The Kier molecular flexibility index (Phi) is 6.16. The number of Topliss-reactive ketones (excluding diaryl/α,β-unsaturated/α-hetero) is 1. The van der Waals surface area contributed by atoms with E-state index < -0.39 is 0 Å². The first-order valence-corrected chi connectivity index (χ1v) is 8.38. The van der Waals surface area contributed by atoms with E-state index >= 15 is 0 Å². The summed E-state index contributed by atoms with van der Waals surface area (Å²) in [6.45, 7) is 3.44. The predicted molar refractivity (Wildman–Crippen MR) is 92.2 cm³/mol. The van der Waals surface area contributed by atoms with Crippen molar-refractivity contribution in [1.82, 2.24) is 4.90 Å². The minimum atomic E-state index is 0.168. The Morgan fingerprint density at radius 2 is 1.95 bits per heavy atom. The molecule has 0 saturated carbocycles. The Morgan fingerprint density at radius 3 is 2.64 bits per heavy atom. The van der Waals surface area contributed by atoms with E-state index in [1.807, 2.05) is 44.6 Å². The molecule has 3 nitrogen and oxygen atoms in total. The Morgan fingerprint density at radius 1 is 1.23 bits per heavy atom. The zero-order chi connectivity index (χ0) is 15.9. The summed E-state index contributed by atoms with van der Waals surface area (Å²) >= 11 is 1.49. The minimum Gasteiger partial charge on any atom is -0.490 e. The van der Waals surface area contributed by atoms with Crippen molar-refractivity contribution in [3.8, 4) is 5.75 Å². The molecule has 22 heavy (non-hydrogen) atoms. The maximum Gasteiger partial charge on any atom is 0.176 e.